The Kier molecular flexibility index (Phi) is 4.58. The summed E-state index contributed by atoms with van der Waals surface area (Å²) in [6.45, 7) is 4.91. The predicted molar refractivity (Wildman–Crippen MR) is 82.4 cm³/mol. The summed E-state index contributed by atoms with van der Waals surface area (Å²) in [6.07, 6.45) is 0. The Morgan fingerprint density at radius 2 is 2.00 bits per heavy atom. The van der Waals surface area contributed by atoms with Gasteiger partial charge in [-0.2, -0.15) is 0 Å². The molecule has 0 unspecified atom stereocenters. The third-order valence-electron chi connectivity index (χ3n) is 3.37. The maximum Gasteiger partial charge on any atom is 0.256 e. The van der Waals surface area contributed by atoms with E-state index in [9.17, 15) is 9.18 Å². The number of carbonyl (C=O) groups is 1. The highest BCUT2D eigenvalue weighted by molar-refractivity contribution is 5.99. The fourth-order valence-corrected chi connectivity index (χ4v) is 2.24. The molecule has 0 aliphatic rings. The van der Waals surface area contributed by atoms with Crippen molar-refractivity contribution in [2.75, 3.05) is 12.3 Å². The highest BCUT2D eigenvalue weighted by Gasteiger charge is 2.17. The smallest absolute Gasteiger partial charge is 0.256 e. The van der Waals surface area contributed by atoms with Crippen LogP contribution in [0.3, 0.4) is 0 Å². The maximum absolute atomic E-state index is 13.3. The number of benzene rings is 2. The number of hydrogen-bond acceptors (Lipinski definition) is 2. The Morgan fingerprint density at radius 3 is 2.67 bits per heavy atom. The average Bonchev–Trinajstić information content (AvgIpc) is 2.46. The molecule has 0 heterocycles. The van der Waals surface area contributed by atoms with E-state index in [1.165, 1.54) is 18.2 Å². The molecule has 0 atom stereocenters. The van der Waals surface area contributed by atoms with Crippen LogP contribution in [-0.4, -0.2) is 17.4 Å². The zero-order chi connectivity index (χ0) is 15.4. The zero-order valence-electron chi connectivity index (χ0n) is 12.3. The summed E-state index contributed by atoms with van der Waals surface area (Å²) in [6, 6.07) is 11.8. The molecule has 0 fully saturated rings. The van der Waals surface area contributed by atoms with Gasteiger partial charge in [-0.05, 0) is 37.6 Å². The fraction of sp³-hybridized carbons (Fsp3) is 0.235. The van der Waals surface area contributed by atoms with Gasteiger partial charge in [0.15, 0.2) is 0 Å². The normalized spacial score (nSPS) is 10.4. The lowest BCUT2D eigenvalue weighted by atomic mass is 10.1. The number of anilines is 1. The monoisotopic (exact) mass is 286 g/mol. The number of nitrogen functional groups attached to an aromatic ring is 1. The van der Waals surface area contributed by atoms with E-state index in [1.807, 2.05) is 38.1 Å². The molecule has 3 nitrogen and oxygen atoms in total. The molecule has 0 bridgehead atoms. The van der Waals surface area contributed by atoms with Crippen molar-refractivity contribution in [3.8, 4) is 0 Å². The highest BCUT2D eigenvalue weighted by Crippen LogP contribution is 2.17. The van der Waals surface area contributed by atoms with Gasteiger partial charge in [0.25, 0.3) is 5.91 Å². The van der Waals surface area contributed by atoms with E-state index in [1.54, 1.807) is 4.90 Å². The van der Waals surface area contributed by atoms with Crippen LogP contribution < -0.4 is 5.73 Å². The summed E-state index contributed by atoms with van der Waals surface area (Å²) in [4.78, 5) is 14.2. The van der Waals surface area contributed by atoms with Gasteiger partial charge in [-0.15, -0.1) is 0 Å². The van der Waals surface area contributed by atoms with Crippen LogP contribution in [0.2, 0.25) is 0 Å². The van der Waals surface area contributed by atoms with Gasteiger partial charge in [0.1, 0.15) is 5.82 Å². The number of carbonyl (C=O) groups excluding carboxylic acids is 1. The van der Waals surface area contributed by atoms with Crippen molar-refractivity contribution in [2.45, 2.75) is 20.4 Å². The lowest BCUT2D eigenvalue weighted by Gasteiger charge is -2.22. The first kappa shape index (κ1) is 15.0. The van der Waals surface area contributed by atoms with Gasteiger partial charge >= 0.3 is 0 Å². The quantitative estimate of drug-likeness (QED) is 0.876. The largest absolute Gasteiger partial charge is 0.398 e. The summed E-state index contributed by atoms with van der Waals surface area (Å²) in [7, 11) is 0. The van der Waals surface area contributed by atoms with Gasteiger partial charge in [-0.1, -0.05) is 29.8 Å². The van der Waals surface area contributed by atoms with Crippen molar-refractivity contribution in [3.05, 3.63) is 65.0 Å². The number of rotatable bonds is 4. The highest BCUT2D eigenvalue weighted by atomic mass is 19.1. The Morgan fingerprint density at radius 1 is 1.24 bits per heavy atom. The Bertz CT molecular complexity index is 655. The molecule has 4 heteroatoms. The first-order valence-corrected chi connectivity index (χ1v) is 6.91. The van der Waals surface area contributed by atoms with Crippen LogP contribution in [0.25, 0.3) is 0 Å². The molecule has 0 aromatic heterocycles. The Labute approximate surface area is 124 Å². The van der Waals surface area contributed by atoms with E-state index in [-0.39, 0.29) is 11.5 Å². The SMILES string of the molecule is CCN(Cc1cccc(C)c1)C(=O)c1cc(F)ccc1N. The molecule has 0 aliphatic carbocycles. The minimum Gasteiger partial charge on any atom is -0.398 e. The van der Waals surface area contributed by atoms with Gasteiger partial charge in [-0.25, -0.2) is 4.39 Å². The second-order valence-electron chi connectivity index (χ2n) is 5.04. The van der Waals surface area contributed by atoms with Crippen molar-refractivity contribution < 1.29 is 9.18 Å². The standard InChI is InChI=1S/C17H19FN2O/c1-3-20(11-13-6-4-5-12(2)9-13)17(21)15-10-14(18)7-8-16(15)19/h4-10H,3,11,19H2,1-2H3. The number of halogens is 1. The number of amides is 1. The Hall–Kier alpha value is -2.36. The number of nitrogens with two attached hydrogens (primary N) is 1. The molecule has 1 amide bonds. The third-order valence-corrected chi connectivity index (χ3v) is 3.37. The minimum atomic E-state index is -0.459. The molecular weight excluding hydrogens is 267 g/mol. The van der Waals surface area contributed by atoms with Crippen LogP contribution in [-0.2, 0) is 6.54 Å². The molecule has 0 aliphatic heterocycles. The lowest BCUT2D eigenvalue weighted by molar-refractivity contribution is 0.0753. The molecule has 2 aromatic carbocycles. The maximum atomic E-state index is 13.3. The summed E-state index contributed by atoms with van der Waals surface area (Å²) >= 11 is 0. The van der Waals surface area contributed by atoms with Crippen molar-refractivity contribution in [1.29, 1.82) is 0 Å². The van der Waals surface area contributed by atoms with E-state index in [0.29, 0.717) is 18.8 Å². The van der Waals surface area contributed by atoms with Crippen LogP contribution in [0.1, 0.15) is 28.4 Å². The van der Waals surface area contributed by atoms with Gasteiger partial charge in [0.05, 0.1) is 5.56 Å². The van der Waals surface area contributed by atoms with Crippen molar-refractivity contribution in [2.24, 2.45) is 0 Å². The fourth-order valence-electron chi connectivity index (χ4n) is 2.24. The van der Waals surface area contributed by atoms with E-state index < -0.39 is 5.82 Å². The van der Waals surface area contributed by atoms with Crippen LogP contribution in [0.5, 0.6) is 0 Å². The predicted octanol–water partition coefficient (Wildman–Crippen LogP) is 3.38. The van der Waals surface area contributed by atoms with Crippen LogP contribution >= 0.6 is 0 Å². The zero-order valence-corrected chi connectivity index (χ0v) is 12.3. The second-order valence-corrected chi connectivity index (χ2v) is 5.04. The molecule has 0 spiro atoms. The lowest BCUT2D eigenvalue weighted by Crippen LogP contribution is -2.31. The van der Waals surface area contributed by atoms with Crippen LogP contribution in [0.4, 0.5) is 10.1 Å². The van der Waals surface area contributed by atoms with Gasteiger partial charge in [0, 0.05) is 18.8 Å². The van der Waals surface area contributed by atoms with Crippen LogP contribution in [0.15, 0.2) is 42.5 Å². The summed E-state index contributed by atoms with van der Waals surface area (Å²) in [5, 5.41) is 0. The molecule has 0 saturated carbocycles. The molecule has 2 N–H and O–H groups in total. The molecule has 0 radical (unpaired) electrons. The molecule has 0 saturated heterocycles. The topological polar surface area (TPSA) is 46.3 Å². The van der Waals surface area contributed by atoms with Crippen molar-refractivity contribution in [1.82, 2.24) is 4.90 Å². The van der Waals surface area contributed by atoms with Gasteiger partial charge in [-0.3, -0.25) is 4.79 Å². The summed E-state index contributed by atoms with van der Waals surface area (Å²) in [5.74, 6) is -0.713. The third kappa shape index (κ3) is 3.60. The molecule has 110 valence electrons. The first-order chi connectivity index (χ1) is 10.0. The molecular formula is C17H19FN2O. The number of hydrogen-bond donors (Lipinski definition) is 1. The number of nitrogens with zero attached hydrogens (tertiary/aromatic N) is 1. The van der Waals surface area contributed by atoms with Crippen LogP contribution in [0, 0.1) is 12.7 Å². The van der Waals surface area contributed by atoms with E-state index in [0.717, 1.165) is 11.1 Å². The van der Waals surface area contributed by atoms with Gasteiger partial charge < -0.3 is 10.6 Å². The molecule has 2 aromatic rings. The first-order valence-electron chi connectivity index (χ1n) is 6.91. The summed E-state index contributed by atoms with van der Waals surface area (Å²) in [5.41, 5.74) is 8.48. The van der Waals surface area contributed by atoms with E-state index >= 15 is 0 Å². The molecule has 2 rings (SSSR count). The summed E-state index contributed by atoms with van der Waals surface area (Å²) < 4.78 is 13.3. The van der Waals surface area contributed by atoms with Gasteiger partial charge in [0.2, 0.25) is 0 Å². The van der Waals surface area contributed by atoms with E-state index in [2.05, 4.69) is 0 Å². The van der Waals surface area contributed by atoms with Crippen molar-refractivity contribution in [3.63, 3.8) is 0 Å². The minimum absolute atomic E-state index is 0.213. The molecule has 21 heavy (non-hydrogen) atoms. The van der Waals surface area contributed by atoms with Crippen molar-refractivity contribution >= 4 is 11.6 Å². The number of aryl methyl sites for hydroxylation is 1. The average molecular weight is 286 g/mol. The second kappa shape index (κ2) is 6.39. The van der Waals surface area contributed by atoms with E-state index in [4.69, 9.17) is 5.73 Å². The Balaban J connectivity index is 2.24.